The van der Waals surface area contributed by atoms with Gasteiger partial charge in [0.15, 0.2) is 0 Å². The summed E-state index contributed by atoms with van der Waals surface area (Å²) < 4.78 is 4.72. The van der Waals surface area contributed by atoms with Crippen LogP contribution in [0, 0.1) is 0 Å². The lowest BCUT2D eigenvalue weighted by Crippen LogP contribution is -2.48. The summed E-state index contributed by atoms with van der Waals surface area (Å²) in [6.07, 6.45) is 1.91. The van der Waals surface area contributed by atoms with Gasteiger partial charge in [-0.1, -0.05) is 20.3 Å². The minimum Gasteiger partial charge on any atom is -0.463 e. The van der Waals surface area contributed by atoms with Crippen LogP contribution in [-0.4, -0.2) is 23.4 Å². The van der Waals surface area contributed by atoms with Crippen molar-refractivity contribution in [2.45, 2.75) is 38.8 Å². The van der Waals surface area contributed by atoms with E-state index in [1.807, 2.05) is 6.92 Å². The SMILES string of the molecule is CCCCOC(=O)C(N)(O)CC. The van der Waals surface area contributed by atoms with Gasteiger partial charge in [0.2, 0.25) is 5.72 Å². The molecule has 0 aromatic carbocycles. The number of carbonyl (C=O) groups excluding carboxylic acids is 1. The number of nitrogens with two attached hydrogens (primary N) is 1. The van der Waals surface area contributed by atoms with E-state index in [0.717, 1.165) is 12.8 Å². The van der Waals surface area contributed by atoms with Gasteiger partial charge in [0.05, 0.1) is 6.61 Å². The van der Waals surface area contributed by atoms with Gasteiger partial charge in [-0.05, 0) is 12.8 Å². The summed E-state index contributed by atoms with van der Waals surface area (Å²) in [6, 6.07) is 0. The first kappa shape index (κ1) is 11.4. The molecule has 0 fully saturated rings. The molecule has 0 bridgehead atoms. The number of hydrogen-bond donors (Lipinski definition) is 2. The highest BCUT2D eigenvalue weighted by molar-refractivity contribution is 5.78. The molecular formula is C8H17NO3. The Balaban J connectivity index is 3.72. The zero-order valence-corrected chi connectivity index (χ0v) is 7.67. The molecule has 4 heteroatoms. The summed E-state index contributed by atoms with van der Waals surface area (Å²) in [5.74, 6) is -0.738. The van der Waals surface area contributed by atoms with E-state index < -0.39 is 11.7 Å². The minimum atomic E-state index is -1.81. The molecular weight excluding hydrogens is 158 g/mol. The van der Waals surface area contributed by atoms with Crippen LogP contribution in [0.3, 0.4) is 0 Å². The maximum absolute atomic E-state index is 11.0. The number of esters is 1. The molecule has 1 unspecified atom stereocenters. The van der Waals surface area contributed by atoms with Gasteiger partial charge >= 0.3 is 5.97 Å². The molecule has 0 saturated carbocycles. The monoisotopic (exact) mass is 175 g/mol. The molecule has 4 nitrogen and oxygen atoms in total. The predicted octanol–water partition coefficient (Wildman–Crippen LogP) is 0.387. The Morgan fingerprint density at radius 2 is 2.17 bits per heavy atom. The van der Waals surface area contributed by atoms with Gasteiger partial charge in [0.1, 0.15) is 0 Å². The third kappa shape index (κ3) is 3.69. The summed E-state index contributed by atoms with van der Waals surface area (Å²) in [5, 5.41) is 9.19. The van der Waals surface area contributed by atoms with Crippen LogP contribution in [0.15, 0.2) is 0 Å². The Hall–Kier alpha value is -0.610. The van der Waals surface area contributed by atoms with E-state index in [2.05, 4.69) is 0 Å². The fourth-order valence-corrected chi connectivity index (χ4v) is 0.579. The van der Waals surface area contributed by atoms with Gasteiger partial charge in [-0.2, -0.15) is 0 Å². The largest absolute Gasteiger partial charge is 0.463 e. The molecule has 0 aliphatic carbocycles. The molecule has 0 radical (unpaired) electrons. The standard InChI is InChI=1S/C8H17NO3/c1-3-5-6-12-7(10)8(9,11)4-2/h11H,3-6,9H2,1-2H3. The number of aliphatic hydroxyl groups is 1. The summed E-state index contributed by atoms with van der Waals surface area (Å²) in [5.41, 5.74) is 3.41. The van der Waals surface area contributed by atoms with Crippen LogP contribution >= 0.6 is 0 Å². The average molecular weight is 175 g/mol. The second-order valence-corrected chi connectivity index (χ2v) is 2.77. The molecule has 0 saturated heterocycles. The normalized spacial score (nSPS) is 15.3. The van der Waals surface area contributed by atoms with Crippen molar-refractivity contribution in [3.63, 3.8) is 0 Å². The quantitative estimate of drug-likeness (QED) is 0.360. The Bertz CT molecular complexity index is 145. The van der Waals surface area contributed by atoms with Crippen LogP contribution in [0.4, 0.5) is 0 Å². The van der Waals surface area contributed by atoms with E-state index in [0.29, 0.717) is 6.61 Å². The molecule has 72 valence electrons. The molecule has 0 rings (SSSR count). The lowest BCUT2D eigenvalue weighted by atomic mass is 10.2. The van der Waals surface area contributed by atoms with Gasteiger partial charge in [0.25, 0.3) is 0 Å². The molecule has 0 aromatic heterocycles. The van der Waals surface area contributed by atoms with Crippen LogP contribution in [0.1, 0.15) is 33.1 Å². The first-order valence-electron chi connectivity index (χ1n) is 4.23. The summed E-state index contributed by atoms with van der Waals surface area (Å²) in [7, 11) is 0. The maximum Gasteiger partial charge on any atom is 0.353 e. The number of ether oxygens (including phenoxy) is 1. The third-order valence-corrected chi connectivity index (χ3v) is 1.62. The van der Waals surface area contributed by atoms with Crippen molar-refractivity contribution in [2.75, 3.05) is 6.61 Å². The van der Waals surface area contributed by atoms with Gasteiger partial charge in [-0.25, -0.2) is 4.79 Å². The second-order valence-electron chi connectivity index (χ2n) is 2.77. The Morgan fingerprint density at radius 3 is 2.58 bits per heavy atom. The predicted molar refractivity (Wildman–Crippen MR) is 45.3 cm³/mol. The van der Waals surface area contributed by atoms with Crippen molar-refractivity contribution in [1.29, 1.82) is 0 Å². The second kappa shape index (κ2) is 5.11. The van der Waals surface area contributed by atoms with Crippen molar-refractivity contribution in [3.05, 3.63) is 0 Å². The Labute approximate surface area is 72.7 Å². The van der Waals surface area contributed by atoms with E-state index in [-0.39, 0.29) is 6.42 Å². The maximum atomic E-state index is 11.0. The lowest BCUT2D eigenvalue weighted by molar-refractivity contribution is -0.165. The number of rotatable bonds is 5. The smallest absolute Gasteiger partial charge is 0.353 e. The van der Waals surface area contributed by atoms with Crippen LogP contribution in [-0.2, 0) is 9.53 Å². The minimum absolute atomic E-state index is 0.165. The van der Waals surface area contributed by atoms with Crippen molar-refractivity contribution in [1.82, 2.24) is 0 Å². The highest BCUT2D eigenvalue weighted by Crippen LogP contribution is 2.04. The first-order valence-corrected chi connectivity index (χ1v) is 4.23. The Kier molecular flexibility index (Phi) is 4.85. The molecule has 12 heavy (non-hydrogen) atoms. The topological polar surface area (TPSA) is 72.5 Å². The highest BCUT2D eigenvalue weighted by Gasteiger charge is 2.30. The van der Waals surface area contributed by atoms with Gasteiger partial charge < -0.3 is 9.84 Å². The summed E-state index contributed by atoms with van der Waals surface area (Å²) in [4.78, 5) is 11.0. The molecule has 0 spiro atoms. The molecule has 0 aliphatic heterocycles. The highest BCUT2D eigenvalue weighted by atomic mass is 16.6. The van der Waals surface area contributed by atoms with Gasteiger partial charge in [-0.3, -0.25) is 5.73 Å². The van der Waals surface area contributed by atoms with Crippen LogP contribution < -0.4 is 5.73 Å². The van der Waals surface area contributed by atoms with Crippen molar-refractivity contribution >= 4 is 5.97 Å². The number of hydrogen-bond acceptors (Lipinski definition) is 4. The van der Waals surface area contributed by atoms with E-state index in [1.54, 1.807) is 6.92 Å². The fraction of sp³-hybridized carbons (Fsp3) is 0.875. The molecule has 1 atom stereocenters. The van der Waals surface area contributed by atoms with Crippen LogP contribution in [0.5, 0.6) is 0 Å². The Morgan fingerprint density at radius 1 is 1.58 bits per heavy atom. The summed E-state index contributed by atoms with van der Waals surface area (Å²) in [6.45, 7) is 3.94. The van der Waals surface area contributed by atoms with Gasteiger partial charge in [-0.15, -0.1) is 0 Å². The molecule has 0 aliphatic rings. The number of unbranched alkanes of at least 4 members (excludes halogenated alkanes) is 1. The van der Waals surface area contributed by atoms with E-state index in [9.17, 15) is 9.90 Å². The molecule has 0 heterocycles. The van der Waals surface area contributed by atoms with Crippen LogP contribution in [0.2, 0.25) is 0 Å². The zero-order chi connectivity index (χ0) is 9.61. The fourth-order valence-electron chi connectivity index (χ4n) is 0.579. The van der Waals surface area contributed by atoms with Crippen LogP contribution in [0.25, 0.3) is 0 Å². The average Bonchev–Trinajstić information content (AvgIpc) is 2.05. The number of carbonyl (C=O) groups is 1. The molecule has 0 amide bonds. The van der Waals surface area contributed by atoms with Crippen molar-refractivity contribution in [3.8, 4) is 0 Å². The van der Waals surface area contributed by atoms with Crippen molar-refractivity contribution in [2.24, 2.45) is 5.73 Å². The van der Waals surface area contributed by atoms with E-state index >= 15 is 0 Å². The zero-order valence-electron chi connectivity index (χ0n) is 7.67. The molecule has 3 N–H and O–H groups in total. The third-order valence-electron chi connectivity index (χ3n) is 1.62. The first-order chi connectivity index (χ1) is 5.54. The summed E-state index contributed by atoms with van der Waals surface area (Å²) >= 11 is 0. The van der Waals surface area contributed by atoms with E-state index in [4.69, 9.17) is 10.5 Å². The lowest BCUT2D eigenvalue weighted by Gasteiger charge is -2.18. The van der Waals surface area contributed by atoms with E-state index in [1.165, 1.54) is 0 Å². The molecule has 0 aromatic rings. The van der Waals surface area contributed by atoms with Gasteiger partial charge in [0, 0.05) is 0 Å². The van der Waals surface area contributed by atoms with Crippen molar-refractivity contribution < 1.29 is 14.6 Å².